The Hall–Kier alpha value is -0.670. The number of aliphatic hydroxyl groups excluding tert-OH is 1. The summed E-state index contributed by atoms with van der Waals surface area (Å²) in [4.78, 5) is 6.80. The van der Waals surface area contributed by atoms with Crippen LogP contribution in [0.1, 0.15) is 96.8 Å². The van der Waals surface area contributed by atoms with E-state index in [9.17, 15) is 0 Å². The lowest BCUT2D eigenvalue weighted by molar-refractivity contribution is 0.176. The van der Waals surface area contributed by atoms with Gasteiger partial charge in [0.2, 0.25) is 0 Å². The molecule has 1 atom stereocenters. The Morgan fingerprint density at radius 1 is 0.920 bits per heavy atom. The van der Waals surface area contributed by atoms with E-state index in [-0.39, 0.29) is 6.61 Å². The quantitative estimate of drug-likeness (QED) is 0.269. The van der Waals surface area contributed by atoms with Crippen LogP contribution in [0, 0.1) is 0 Å². The number of allylic oxidation sites excluding steroid dienone is 2. The molecule has 1 aliphatic rings. The average molecular weight is 351 g/mol. The Kier molecular flexibility index (Phi) is 15.0. The summed E-state index contributed by atoms with van der Waals surface area (Å²) in [6.07, 6.45) is 25.8. The minimum absolute atomic E-state index is 0.245. The molecule has 146 valence electrons. The second-order valence-corrected chi connectivity index (χ2v) is 7.40. The number of hydrogen-bond donors (Lipinski definition) is 1. The van der Waals surface area contributed by atoms with E-state index >= 15 is 0 Å². The van der Waals surface area contributed by atoms with Crippen LogP contribution in [0.2, 0.25) is 0 Å². The molecule has 0 aromatic rings. The highest BCUT2D eigenvalue weighted by Crippen LogP contribution is 2.16. The molecule has 1 N–H and O–H groups in total. The van der Waals surface area contributed by atoms with Crippen molar-refractivity contribution in [2.75, 3.05) is 19.7 Å². The number of aliphatic imine (C=N–C) groups is 1. The largest absolute Gasteiger partial charge is 0.395 e. The van der Waals surface area contributed by atoms with Gasteiger partial charge in [0.25, 0.3) is 0 Å². The number of hydrogen-bond acceptors (Lipinski definition) is 3. The van der Waals surface area contributed by atoms with Gasteiger partial charge in [0.15, 0.2) is 0 Å². The van der Waals surface area contributed by atoms with E-state index in [1.54, 1.807) is 0 Å². The molecule has 0 bridgehead atoms. The van der Waals surface area contributed by atoms with Gasteiger partial charge in [-0.25, -0.2) is 0 Å². The zero-order valence-corrected chi connectivity index (χ0v) is 16.7. The molecule has 3 heteroatoms. The van der Waals surface area contributed by atoms with Crippen molar-refractivity contribution in [3.8, 4) is 0 Å². The monoisotopic (exact) mass is 350 g/mol. The maximum absolute atomic E-state index is 9.05. The van der Waals surface area contributed by atoms with E-state index in [2.05, 4.69) is 29.0 Å². The van der Waals surface area contributed by atoms with Crippen molar-refractivity contribution in [3.63, 3.8) is 0 Å². The molecule has 0 aromatic heterocycles. The first-order chi connectivity index (χ1) is 12.4. The molecule has 0 saturated heterocycles. The number of aliphatic hydroxyl groups is 1. The fourth-order valence-electron chi connectivity index (χ4n) is 3.51. The second-order valence-electron chi connectivity index (χ2n) is 7.40. The van der Waals surface area contributed by atoms with Gasteiger partial charge in [-0.3, -0.25) is 9.89 Å². The van der Waals surface area contributed by atoms with Crippen molar-refractivity contribution in [1.29, 1.82) is 0 Å². The first-order valence-corrected chi connectivity index (χ1v) is 10.9. The van der Waals surface area contributed by atoms with Crippen molar-refractivity contribution in [3.05, 3.63) is 12.2 Å². The molecule has 0 spiro atoms. The fourth-order valence-corrected chi connectivity index (χ4v) is 3.51. The maximum Gasteiger partial charge on any atom is 0.102 e. The van der Waals surface area contributed by atoms with E-state index in [1.807, 2.05) is 6.21 Å². The average Bonchev–Trinajstić information content (AvgIpc) is 3.06. The van der Waals surface area contributed by atoms with Gasteiger partial charge >= 0.3 is 0 Å². The molecule has 1 aliphatic heterocycles. The van der Waals surface area contributed by atoms with Crippen LogP contribution in [-0.4, -0.2) is 42.1 Å². The Morgan fingerprint density at radius 3 is 2.16 bits per heavy atom. The van der Waals surface area contributed by atoms with E-state index in [4.69, 9.17) is 5.11 Å². The van der Waals surface area contributed by atoms with E-state index in [0.29, 0.717) is 6.17 Å². The lowest BCUT2D eigenvalue weighted by Crippen LogP contribution is -2.32. The molecule has 3 nitrogen and oxygen atoms in total. The van der Waals surface area contributed by atoms with Crippen LogP contribution in [0.15, 0.2) is 17.1 Å². The summed E-state index contributed by atoms with van der Waals surface area (Å²) < 4.78 is 0. The molecular weight excluding hydrogens is 308 g/mol. The zero-order valence-electron chi connectivity index (χ0n) is 16.7. The molecule has 0 aromatic carbocycles. The number of nitrogens with zero attached hydrogens (tertiary/aromatic N) is 2. The van der Waals surface area contributed by atoms with Gasteiger partial charge in [0.05, 0.1) is 6.61 Å². The molecule has 0 amide bonds. The van der Waals surface area contributed by atoms with Crippen molar-refractivity contribution < 1.29 is 5.11 Å². The summed E-state index contributed by atoms with van der Waals surface area (Å²) in [5, 5.41) is 9.05. The molecule has 1 rings (SSSR count). The third-order valence-corrected chi connectivity index (χ3v) is 5.13. The minimum Gasteiger partial charge on any atom is -0.395 e. The fraction of sp³-hybridized carbons (Fsp3) is 0.864. The van der Waals surface area contributed by atoms with Crippen LogP contribution in [0.4, 0.5) is 0 Å². The van der Waals surface area contributed by atoms with Gasteiger partial charge in [-0.05, 0) is 38.5 Å². The summed E-state index contributed by atoms with van der Waals surface area (Å²) in [5.41, 5.74) is 0. The highest BCUT2D eigenvalue weighted by atomic mass is 16.3. The number of rotatable bonds is 17. The Balaban J connectivity index is 1.79. The lowest BCUT2D eigenvalue weighted by Gasteiger charge is -2.21. The normalized spacial score (nSPS) is 17.9. The van der Waals surface area contributed by atoms with Gasteiger partial charge in [-0.2, -0.15) is 0 Å². The van der Waals surface area contributed by atoms with Gasteiger partial charge < -0.3 is 5.11 Å². The molecule has 0 aliphatic carbocycles. The predicted octanol–water partition coefficient (Wildman–Crippen LogP) is 5.73. The van der Waals surface area contributed by atoms with Crippen LogP contribution in [0.5, 0.6) is 0 Å². The van der Waals surface area contributed by atoms with Crippen LogP contribution < -0.4 is 0 Å². The first kappa shape index (κ1) is 22.4. The summed E-state index contributed by atoms with van der Waals surface area (Å²) in [6, 6.07) is 0. The number of β-amino-alcohol motifs (C(OH)–C–C–N with tert-alkyl or cyclic N) is 1. The first-order valence-electron chi connectivity index (χ1n) is 10.9. The third kappa shape index (κ3) is 12.3. The van der Waals surface area contributed by atoms with Crippen LogP contribution >= 0.6 is 0 Å². The Morgan fingerprint density at radius 2 is 1.52 bits per heavy atom. The Labute approximate surface area is 156 Å². The van der Waals surface area contributed by atoms with Gasteiger partial charge in [-0.1, -0.05) is 70.4 Å². The zero-order chi connectivity index (χ0) is 18.0. The highest BCUT2D eigenvalue weighted by Gasteiger charge is 2.19. The molecule has 25 heavy (non-hydrogen) atoms. The van der Waals surface area contributed by atoms with Crippen molar-refractivity contribution in [1.82, 2.24) is 4.90 Å². The standard InChI is InChI=1S/C22H42N2O/c1-2-3-4-5-6-7-8-9-10-11-12-13-14-15-16-17-22-23-18-19-24(22)20-21-25/h6-7,18,22,25H,2-5,8-17,19-21H2,1H3/b7-6+. The molecule has 0 saturated carbocycles. The summed E-state index contributed by atoms with van der Waals surface area (Å²) in [5.74, 6) is 0. The van der Waals surface area contributed by atoms with Gasteiger partial charge in [0, 0.05) is 19.3 Å². The van der Waals surface area contributed by atoms with Crippen molar-refractivity contribution in [2.45, 2.75) is 103 Å². The van der Waals surface area contributed by atoms with Crippen molar-refractivity contribution >= 4 is 6.21 Å². The molecule has 1 unspecified atom stereocenters. The molecule has 0 fully saturated rings. The maximum atomic E-state index is 9.05. The second kappa shape index (κ2) is 16.8. The number of unbranched alkanes of at least 4 members (excludes halogenated alkanes) is 11. The summed E-state index contributed by atoms with van der Waals surface area (Å²) in [6.45, 7) is 4.19. The molecule has 0 radical (unpaired) electrons. The van der Waals surface area contributed by atoms with E-state index < -0.39 is 0 Å². The highest BCUT2D eigenvalue weighted by molar-refractivity contribution is 5.62. The van der Waals surface area contributed by atoms with Gasteiger partial charge in [0.1, 0.15) is 6.17 Å². The molecule has 1 heterocycles. The van der Waals surface area contributed by atoms with E-state index in [0.717, 1.165) is 19.5 Å². The van der Waals surface area contributed by atoms with Gasteiger partial charge in [-0.15, -0.1) is 0 Å². The topological polar surface area (TPSA) is 35.8 Å². The SMILES string of the molecule is CCCCC/C=C/CCCCCCCCCCC1N=CCN1CCO. The lowest BCUT2D eigenvalue weighted by atomic mass is 10.1. The van der Waals surface area contributed by atoms with Crippen molar-refractivity contribution in [2.24, 2.45) is 4.99 Å². The third-order valence-electron chi connectivity index (χ3n) is 5.13. The van der Waals surface area contributed by atoms with Crippen LogP contribution in [0.25, 0.3) is 0 Å². The summed E-state index contributed by atoms with van der Waals surface area (Å²) in [7, 11) is 0. The Bertz CT molecular complexity index is 341. The predicted molar refractivity (Wildman–Crippen MR) is 110 cm³/mol. The smallest absolute Gasteiger partial charge is 0.102 e. The van der Waals surface area contributed by atoms with Crippen LogP contribution in [-0.2, 0) is 0 Å². The summed E-state index contributed by atoms with van der Waals surface area (Å²) >= 11 is 0. The van der Waals surface area contributed by atoms with E-state index in [1.165, 1.54) is 83.5 Å². The molecular formula is C22H42N2O. The minimum atomic E-state index is 0.245. The van der Waals surface area contributed by atoms with Crippen LogP contribution in [0.3, 0.4) is 0 Å².